The monoisotopic (exact) mass is 874 g/mol. The lowest BCUT2D eigenvalue weighted by atomic mass is 9.98. The van der Waals surface area contributed by atoms with Crippen molar-refractivity contribution in [1.29, 1.82) is 0 Å². The van der Waals surface area contributed by atoms with Crippen LogP contribution in [0.2, 0.25) is 0 Å². The molecule has 310 valence electrons. The third-order valence-electron chi connectivity index (χ3n) is 11.3. The van der Waals surface area contributed by atoms with E-state index in [9.17, 15) is 13.7 Å². The van der Waals surface area contributed by atoms with Crippen LogP contribution in [0, 0.1) is 0 Å². The summed E-state index contributed by atoms with van der Waals surface area (Å²) in [5.74, 6) is 0. The summed E-state index contributed by atoms with van der Waals surface area (Å²) >= 11 is 0. The van der Waals surface area contributed by atoms with Crippen LogP contribution in [0.4, 0.5) is 0 Å². The molecule has 0 N–H and O–H groups in total. The van der Waals surface area contributed by atoms with Crippen molar-refractivity contribution in [3.63, 3.8) is 0 Å². The molecule has 0 amide bonds. The second kappa shape index (κ2) is 20.2. The van der Waals surface area contributed by atoms with Crippen molar-refractivity contribution in [3.05, 3.63) is 259 Å². The van der Waals surface area contributed by atoms with Crippen molar-refractivity contribution in [3.8, 4) is 11.1 Å². The van der Waals surface area contributed by atoms with E-state index in [1.165, 1.54) is 0 Å². The van der Waals surface area contributed by atoms with E-state index in [0.29, 0.717) is 18.5 Å². The molecule has 8 aromatic carbocycles. The molecule has 3 nitrogen and oxygen atoms in total. The Morgan fingerprint density at radius 1 is 0.270 bits per heavy atom. The predicted octanol–water partition coefficient (Wildman–Crippen LogP) is 12.4. The summed E-state index contributed by atoms with van der Waals surface area (Å²) in [6.07, 6.45) is 13.4. The van der Waals surface area contributed by atoms with Gasteiger partial charge in [0.25, 0.3) is 0 Å². The third-order valence-corrected chi connectivity index (χ3v) is 20.2. The molecule has 0 unspecified atom stereocenters. The predicted molar refractivity (Wildman–Crippen MR) is 273 cm³/mol. The quantitative estimate of drug-likeness (QED) is 0.0909. The van der Waals surface area contributed by atoms with Crippen molar-refractivity contribution >= 4 is 71.5 Å². The minimum absolute atomic E-state index is 0.371. The van der Waals surface area contributed by atoms with Crippen molar-refractivity contribution < 1.29 is 13.7 Å². The zero-order valence-corrected chi connectivity index (χ0v) is 37.7. The van der Waals surface area contributed by atoms with Crippen LogP contribution < -0.4 is 31.8 Å². The fourth-order valence-electron chi connectivity index (χ4n) is 7.93. The summed E-state index contributed by atoms with van der Waals surface area (Å²) in [5.41, 5.74) is 5.01. The lowest BCUT2D eigenvalue weighted by Gasteiger charge is -2.18. The summed E-state index contributed by atoms with van der Waals surface area (Å²) in [7, 11) is -8.78. The highest BCUT2D eigenvalue weighted by molar-refractivity contribution is 7.79. The Kier molecular flexibility index (Phi) is 13.9. The Labute approximate surface area is 372 Å². The molecule has 0 aliphatic heterocycles. The second-order valence-electron chi connectivity index (χ2n) is 15.5. The Morgan fingerprint density at radius 3 is 0.794 bits per heavy atom. The van der Waals surface area contributed by atoms with Crippen molar-refractivity contribution in [2.45, 2.75) is 0 Å². The first-order valence-electron chi connectivity index (χ1n) is 21.2. The summed E-state index contributed by atoms with van der Waals surface area (Å²) in [6, 6.07) is 73.4. The van der Waals surface area contributed by atoms with E-state index in [1.807, 2.05) is 206 Å². The second-order valence-corrected chi connectivity index (χ2v) is 24.1. The van der Waals surface area contributed by atoms with E-state index >= 15 is 0 Å². The summed E-state index contributed by atoms with van der Waals surface area (Å²) in [6.45, 7) is 0. The molecule has 0 heterocycles. The van der Waals surface area contributed by atoms with Gasteiger partial charge in [0, 0.05) is 50.3 Å². The minimum atomic E-state index is -2.95. The van der Waals surface area contributed by atoms with Crippen molar-refractivity contribution in [2.24, 2.45) is 0 Å². The first kappa shape index (κ1) is 43.3. The third kappa shape index (κ3) is 10.3. The van der Waals surface area contributed by atoms with E-state index in [4.69, 9.17) is 0 Å². The van der Waals surface area contributed by atoms with Gasteiger partial charge in [0.05, 0.1) is 0 Å². The van der Waals surface area contributed by atoms with Gasteiger partial charge in [-0.05, 0) is 46.0 Å². The molecule has 63 heavy (non-hydrogen) atoms. The van der Waals surface area contributed by atoms with Crippen LogP contribution >= 0.6 is 21.4 Å². The lowest BCUT2D eigenvalue weighted by molar-refractivity contribution is 0.588. The normalized spacial score (nSPS) is 12.3. The molecule has 0 fully saturated rings. The van der Waals surface area contributed by atoms with E-state index < -0.39 is 21.4 Å². The molecule has 0 atom stereocenters. The molecule has 0 saturated heterocycles. The Morgan fingerprint density at radius 2 is 0.524 bits per heavy atom. The molecule has 6 heteroatoms. The van der Waals surface area contributed by atoms with Gasteiger partial charge in [0.1, 0.15) is 21.4 Å². The standard InChI is InChI=1S/C57H49O3P3/c58-61(52-25-7-1-8-26-52,53-27-9-2-10-28-53)41-19-22-47-37-39-50(40-38-47)51-45-48(23-20-42-62(59,54-29-11-3-12-30-54)55-31-13-4-14-32-55)44-49(46-51)24-21-43-63(60,56-33-15-5-16-34-56)57-35-17-6-18-36-57/h1-40,44-46H,41-43H2. The number of hydrogen-bond acceptors (Lipinski definition) is 3. The van der Waals surface area contributed by atoms with Crippen molar-refractivity contribution in [1.82, 2.24) is 0 Å². The van der Waals surface area contributed by atoms with Gasteiger partial charge >= 0.3 is 0 Å². The SMILES string of the molecule is O=P(CC=Cc1ccc(-c2cc(C=CCP(=O)(c3ccccc3)c3ccccc3)cc(C=CCP(=O)(c3ccccc3)c3ccccc3)c2)cc1)(c1ccccc1)c1ccccc1. The van der Waals surface area contributed by atoms with Gasteiger partial charge in [-0.25, -0.2) is 0 Å². The maximum Gasteiger partial charge on any atom is 0.146 e. The van der Waals surface area contributed by atoms with Crippen LogP contribution in [0.15, 0.2) is 243 Å². The van der Waals surface area contributed by atoms with Crippen molar-refractivity contribution in [2.75, 3.05) is 18.5 Å². The topological polar surface area (TPSA) is 51.2 Å². The molecule has 0 bridgehead atoms. The Balaban J connectivity index is 1.10. The van der Waals surface area contributed by atoms with Gasteiger partial charge in [-0.2, -0.15) is 0 Å². The van der Waals surface area contributed by atoms with Crippen LogP contribution in [0.3, 0.4) is 0 Å². The minimum Gasteiger partial charge on any atom is -0.313 e. The fraction of sp³-hybridized carbons (Fsp3) is 0.0526. The number of benzene rings is 8. The first-order chi connectivity index (χ1) is 30.8. The molecule has 0 aliphatic rings. The Bertz CT molecular complexity index is 2710. The van der Waals surface area contributed by atoms with E-state index in [2.05, 4.69) is 54.6 Å². The van der Waals surface area contributed by atoms with E-state index in [0.717, 1.165) is 59.6 Å². The summed E-state index contributed by atoms with van der Waals surface area (Å²) < 4.78 is 44.2. The van der Waals surface area contributed by atoms with Gasteiger partial charge in [0.2, 0.25) is 0 Å². The van der Waals surface area contributed by atoms with Crippen LogP contribution in [0.1, 0.15) is 16.7 Å². The largest absolute Gasteiger partial charge is 0.313 e. The first-order valence-corrected chi connectivity index (χ1v) is 26.9. The molecular formula is C57H49O3P3. The molecule has 0 aliphatic carbocycles. The number of allylic oxidation sites excluding steroid dienone is 3. The summed E-state index contributed by atoms with van der Waals surface area (Å²) in [5, 5.41) is 5.02. The summed E-state index contributed by atoms with van der Waals surface area (Å²) in [4.78, 5) is 0. The van der Waals surface area contributed by atoms with E-state index in [-0.39, 0.29) is 0 Å². The highest BCUT2D eigenvalue weighted by Crippen LogP contribution is 2.45. The molecule has 0 radical (unpaired) electrons. The highest BCUT2D eigenvalue weighted by atomic mass is 31.2. The van der Waals surface area contributed by atoms with Crippen LogP contribution in [0.5, 0.6) is 0 Å². The molecule has 0 spiro atoms. The molecular weight excluding hydrogens is 826 g/mol. The fourth-order valence-corrected chi connectivity index (χ4v) is 15.2. The maximum absolute atomic E-state index is 14.8. The highest BCUT2D eigenvalue weighted by Gasteiger charge is 2.27. The number of rotatable bonds is 16. The molecule has 8 rings (SSSR count). The van der Waals surface area contributed by atoms with Gasteiger partial charge < -0.3 is 13.7 Å². The van der Waals surface area contributed by atoms with Gasteiger partial charge in [-0.3, -0.25) is 0 Å². The lowest BCUT2D eigenvalue weighted by Crippen LogP contribution is -2.17. The zero-order valence-electron chi connectivity index (χ0n) is 35.0. The molecule has 0 saturated carbocycles. The van der Waals surface area contributed by atoms with Gasteiger partial charge in [-0.1, -0.05) is 243 Å². The maximum atomic E-state index is 14.8. The van der Waals surface area contributed by atoms with Gasteiger partial charge in [0.15, 0.2) is 0 Å². The molecule has 0 aromatic heterocycles. The van der Waals surface area contributed by atoms with Crippen LogP contribution in [-0.4, -0.2) is 18.5 Å². The van der Waals surface area contributed by atoms with Crippen LogP contribution in [0.25, 0.3) is 29.4 Å². The average molecular weight is 875 g/mol. The van der Waals surface area contributed by atoms with Crippen LogP contribution in [-0.2, 0) is 13.7 Å². The average Bonchev–Trinajstić information content (AvgIpc) is 3.35. The number of hydrogen-bond donors (Lipinski definition) is 0. The van der Waals surface area contributed by atoms with Gasteiger partial charge in [-0.15, -0.1) is 0 Å². The molecule has 8 aromatic rings. The smallest absolute Gasteiger partial charge is 0.146 e. The Hall–Kier alpha value is -6.33. The zero-order chi connectivity index (χ0) is 43.4. The van der Waals surface area contributed by atoms with E-state index in [1.54, 1.807) is 0 Å².